The monoisotopic (exact) mass is 427 g/mol. The SMILES string of the molecule is CSc1ccccc1NC(=O)C(=O)NCC1CCN(C(=O)/C=C/c2ccco2)CC1. The van der Waals surface area contributed by atoms with Crippen molar-refractivity contribution in [3.8, 4) is 0 Å². The zero-order valence-corrected chi connectivity index (χ0v) is 17.6. The first-order chi connectivity index (χ1) is 14.6. The molecular weight excluding hydrogens is 402 g/mol. The van der Waals surface area contributed by atoms with Gasteiger partial charge in [-0.1, -0.05) is 12.1 Å². The number of amides is 3. The second kappa shape index (κ2) is 10.7. The Morgan fingerprint density at radius 3 is 2.60 bits per heavy atom. The quantitative estimate of drug-likeness (QED) is 0.420. The number of hydrogen-bond donors (Lipinski definition) is 2. The van der Waals surface area contributed by atoms with Gasteiger partial charge >= 0.3 is 11.8 Å². The Bertz CT molecular complexity index is 903. The summed E-state index contributed by atoms with van der Waals surface area (Å²) < 4.78 is 5.18. The van der Waals surface area contributed by atoms with Crippen LogP contribution in [0.1, 0.15) is 18.6 Å². The zero-order chi connectivity index (χ0) is 21.3. The average molecular weight is 428 g/mol. The minimum absolute atomic E-state index is 0.0549. The Morgan fingerprint density at radius 1 is 1.13 bits per heavy atom. The number of carbonyl (C=O) groups excluding carboxylic acids is 3. The smallest absolute Gasteiger partial charge is 0.313 e. The Labute approximate surface area is 179 Å². The van der Waals surface area contributed by atoms with Crippen LogP contribution < -0.4 is 10.6 Å². The molecule has 0 aliphatic carbocycles. The van der Waals surface area contributed by atoms with Gasteiger partial charge in [-0.2, -0.15) is 0 Å². The predicted octanol–water partition coefficient (Wildman–Crippen LogP) is 3.01. The number of benzene rings is 1. The van der Waals surface area contributed by atoms with Crippen molar-refractivity contribution in [2.75, 3.05) is 31.2 Å². The molecule has 0 atom stereocenters. The number of piperidine rings is 1. The third kappa shape index (κ3) is 6.00. The largest absolute Gasteiger partial charge is 0.465 e. The van der Waals surface area contributed by atoms with Crippen LogP contribution in [0.5, 0.6) is 0 Å². The topological polar surface area (TPSA) is 91.7 Å². The maximum Gasteiger partial charge on any atom is 0.313 e. The normalized spacial score (nSPS) is 14.6. The van der Waals surface area contributed by atoms with Crippen molar-refractivity contribution in [2.24, 2.45) is 5.92 Å². The summed E-state index contributed by atoms with van der Waals surface area (Å²) in [5.74, 6) is -0.503. The Balaban J connectivity index is 1.40. The van der Waals surface area contributed by atoms with Crippen LogP contribution in [0.3, 0.4) is 0 Å². The number of rotatable bonds is 6. The summed E-state index contributed by atoms with van der Waals surface area (Å²) in [4.78, 5) is 39.2. The lowest BCUT2D eigenvalue weighted by molar-refractivity contribution is -0.136. The van der Waals surface area contributed by atoms with Crippen LogP contribution in [0.4, 0.5) is 5.69 Å². The minimum Gasteiger partial charge on any atom is -0.465 e. The summed E-state index contributed by atoms with van der Waals surface area (Å²) >= 11 is 1.50. The van der Waals surface area contributed by atoms with Crippen molar-refractivity contribution in [3.05, 3.63) is 54.5 Å². The van der Waals surface area contributed by atoms with E-state index >= 15 is 0 Å². The number of carbonyl (C=O) groups is 3. The molecule has 1 aromatic carbocycles. The summed E-state index contributed by atoms with van der Waals surface area (Å²) in [5.41, 5.74) is 0.625. The molecule has 3 amide bonds. The molecule has 1 saturated heterocycles. The highest BCUT2D eigenvalue weighted by Gasteiger charge is 2.23. The molecule has 0 unspecified atom stereocenters. The van der Waals surface area contributed by atoms with Gasteiger partial charge in [-0.3, -0.25) is 14.4 Å². The lowest BCUT2D eigenvalue weighted by Crippen LogP contribution is -2.43. The fraction of sp³-hybridized carbons (Fsp3) is 0.318. The van der Waals surface area contributed by atoms with Gasteiger partial charge < -0.3 is 20.0 Å². The summed E-state index contributed by atoms with van der Waals surface area (Å²) in [5, 5.41) is 5.37. The Morgan fingerprint density at radius 2 is 1.90 bits per heavy atom. The second-order valence-corrected chi connectivity index (χ2v) is 7.83. The van der Waals surface area contributed by atoms with Crippen molar-refractivity contribution < 1.29 is 18.8 Å². The lowest BCUT2D eigenvalue weighted by Gasteiger charge is -2.31. The van der Waals surface area contributed by atoms with E-state index in [0.29, 0.717) is 31.1 Å². The first-order valence-electron chi connectivity index (χ1n) is 9.79. The van der Waals surface area contributed by atoms with E-state index in [0.717, 1.165) is 17.7 Å². The van der Waals surface area contributed by atoms with Crippen LogP contribution in [-0.4, -0.2) is 48.5 Å². The van der Waals surface area contributed by atoms with E-state index in [2.05, 4.69) is 10.6 Å². The molecule has 8 heteroatoms. The molecule has 2 aromatic rings. The minimum atomic E-state index is -0.674. The highest BCUT2D eigenvalue weighted by atomic mass is 32.2. The number of nitrogens with zero attached hydrogens (tertiary/aromatic N) is 1. The molecule has 1 fully saturated rings. The maximum atomic E-state index is 12.3. The van der Waals surface area contributed by atoms with Crippen LogP contribution in [0.25, 0.3) is 6.08 Å². The van der Waals surface area contributed by atoms with Gasteiger partial charge in [0.1, 0.15) is 5.76 Å². The molecule has 0 bridgehead atoms. The van der Waals surface area contributed by atoms with Crippen molar-refractivity contribution in [2.45, 2.75) is 17.7 Å². The number of likely N-dealkylation sites (tertiary alicyclic amines) is 1. The molecule has 2 heterocycles. The number of hydrogen-bond acceptors (Lipinski definition) is 5. The zero-order valence-electron chi connectivity index (χ0n) is 16.8. The molecule has 1 aliphatic rings. The van der Waals surface area contributed by atoms with E-state index in [1.165, 1.54) is 17.8 Å². The van der Waals surface area contributed by atoms with E-state index in [9.17, 15) is 14.4 Å². The number of anilines is 1. The van der Waals surface area contributed by atoms with Crippen molar-refractivity contribution >= 4 is 41.2 Å². The van der Waals surface area contributed by atoms with Gasteiger partial charge in [0.2, 0.25) is 5.91 Å². The highest BCUT2D eigenvalue weighted by Crippen LogP contribution is 2.24. The fourth-order valence-corrected chi connectivity index (χ4v) is 3.80. The van der Waals surface area contributed by atoms with Gasteiger partial charge in [-0.15, -0.1) is 11.8 Å². The summed E-state index contributed by atoms with van der Waals surface area (Å²) in [7, 11) is 0. The highest BCUT2D eigenvalue weighted by molar-refractivity contribution is 7.98. The lowest BCUT2D eigenvalue weighted by atomic mass is 9.96. The molecule has 0 radical (unpaired) electrons. The molecule has 2 N–H and O–H groups in total. The standard InChI is InChI=1S/C22H25N3O4S/c1-30-19-7-3-2-6-18(19)24-22(28)21(27)23-15-16-10-12-25(13-11-16)20(26)9-8-17-5-4-14-29-17/h2-9,14,16H,10-13,15H2,1H3,(H,23,27)(H,24,28)/b9-8+. The molecule has 158 valence electrons. The molecule has 0 saturated carbocycles. The Kier molecular flexibility index (Phi) is 7.73. The molecule has 30 heavy (non-hydrogen) atoms. The number of nitrogens with one attached hydrogen (secondary N) is 2. The molecular formula is C22H25N3O4S. The number of para-hydroxylation sites is 1. The average Bonchev–Trinajstić information content (AvgIpc) is 3.30. The van der Waals surface area contributed by atoms with Crippen molar-refractivity contribution in [1.29, 1.82) is 0 Å². The number of furan rings is 1. The maximum absolute atomic E-state index is 12.3. The Hall–Kier alpha value is -3.00. The second-order valence-electron chi connectivity index (χ2n) is 6.98. The van der Waals surface area contributed by atoms with Crippen molar-refractivity contribution in [1.82, 2.24) is 10.2 Å². The molecule has 3 rings (SSSR count). The number of thioether (sulfide) groups is 1. The van der Waals surface area contributed by atoms with E-state index in [1.54, 1.807) is 35.4 Å². The van der Waals surface area contributed by atoms with Crippen LogP contribution in [0, 0.1) is 5.92 Å². The first-order valence-corrected chi connectivity index (χ1v) is 11.0. The fourth-order valence-electron chi connectivity index (χ4n) is 3.25. The van der Waals surface area contributed by atoms with Gasteiger partial charge in [0, 0.05) is 30.6 Å². The first kappa shape index (κ1) is 21.7. The molecule has 0 spiro atoms. The molecule has 1 aliphatic heterocycles. The van der Waals surface area contributed by atoms with E-state index < -0.39 is 11.8 Å². The van der Waals surface area contributed by atoms with Gasteiger partial charge in [-0.05, 0) is 55.4 Å². The third-order valence-corrected chi connectivity index (χ3v) is 5.77. The summed E-state index contributed by atoms with van der Waals surface area (Å²) in [6, 6.07) is 10.9. The van der Waals surface area contributed by atoms with Crippen LogP contribution in [-0.2, 0) is 14.4 Å². The van der Waals surface area contributed by atoms with E-state index in [4.69, 9.17) is 4.42 Å². The van der Waals surface area contributed by atoms with Crippen molar-refractivity contribution in [3.63, 3.8) is 0 Å². The van der Waals surface area contributed by atoms with Gasteiger partial charge in [-0.25, -0.2) is 0 Å². The van der Waals surface area contributed by atoms with Gasteiger partial charge in [0.05, 0.1) is 12.0 Å². The van der Waals surface area contributed by atoms with Crippen LogP contribution in [0.2, 0.25) is 0 Å². The third-order valence-electron chi connectivity index (χ3n) is 4.97. The summed E-state index contributed by atoms with van der Waals surface area (Å²) in [6.45, 7) is 1.66. The molecule has 1 aromatic heterocycles. The van der Waals surface area contributed by atoms with Gasteiger partial charge in [0.15, 0.2) is 0 Å². The van der Waals surface area contributed by atoms with E-state index in [-0.39, 0.29) is 11.8 Å². The van der Waals surface area contributed by atoms with E-state index in [1.807, 2.05) is 24.5 Å². The van der Waals surface area contributed by atoms with Crippen LogP contribution in [0.15, 0.2) is 58.1 Å². The van der Waals surface area contributed by atoms with Crippen LogP contribution >= 0.6 is 11.8 Å². The van der Waals surface area contributed by atoms with Gasteiger partial charge in [0.25, 0.3) is 0 Å². The summed E-state index contributed by atoms with van der Waals surface area (Å²) in [6.07, 6.45) is 8.19. The molecule has 7 nitrogen and oxygen atoms in total. The predicted molar refractivity (Wildman–Crippen MR) is 117 cm³/mol.